The van der Waals surface area contributed by atoms with Crippen LogP contribution in [-0.4, -0.2) is 42.6 Å². The Hall–Kier alpha value is -1.92. The number of nitrogens with one attached hydrogen (secondary N) is 3. The number of carbonyl (C=O) groups excluding carboxylic acids is 4. The average Bonchev–Trinajstić information content (AvgIpc) is 2.50. The monoisotopic (exact) mass is 341 g/mol. The summed E-state index contributed by atoms with van der Waals surface area (Å²) in [5, 5.41) is 7.89. The van der Waals surface area contributed by atoms with Crippen LogP contribution in [0.2, 0.25) is 0 Å². The fourth-order valence-electron chi connectivity index (χ4n) is 1.90. The number of ketones is 1. The lowest BCUT2D eigenvalue weighted by Crippen LogP contribution is -2.44. The third-order valence-corrected chi connectivity index (χ3v) is 4.03. The SMILES string of the molecule is CCC(C)(C)C(=O)NCCCCC(NC(=O)CNC(C)=O)C(C)=O. The number of amides is 3. The predicted octanol–water partition coefficient (Wildman–Crippen LogP) is 0.919. The van der Waals surface area contributed by atoms with Crippen molar-refractivity contribution >= 4 is 23.5 Å². The van der Waals surface area contributed by atoms with Gasteiger partial charge >= 0.3 is 0 Å². The molecule has 0 fully saturated rings. The van der Waals surface area contributed by atoms with Gasteiger partial charge in [0.05, 0.1) is 12.6 Å². The summed E-state index contributed by atoms with van der Waals surface area (Å²) >= 11 is 0. The van der Waals surface area contributed by atoms with Crippen molar-refractivity contribution in [3.63, 3.8) is 0 Å². The van der Waals surface area contributed by atoms with Gasteiger partial charge in [0.1, 0.15) is 0 Å². The lowest BCUT2D eigenvalue weighted by Gasteiger charge is -2.21. The fraction of sp³-hybridized carbons (Fsp3) is 0.765. The molecule has 0 aliphatic rings. The van der Waals surface area contributed by atoms with Gasteiger partial charge in [-0.15, -0.1) is 0 Å². The summed E-state index contributed by atoms with van der Waals surface area (Å²) in [6.45, 7) is 8.94. The second kappa shape index (κ2) is 10.8. The summed E-state index contributed by atoms with van der Waals surface area (Å²) in [6, 6.07) is -0.561. The van der Waals surface area contributed by atoms with E-state index in [0.717, 1.165) is 12.8 Å². The maximum atomic E-state index is 11.9. The van der Waals surface area contributed by atoms with E-state index in [1.165, 1.54) is 13.8 Å². The summed E-state index contributed by atoms with van der Waals surface area (Å²) in [5.74, 6) is -0.780. The molecule has 0 aliphatic carbocycles. The maximum Gasteiger partial charge on any atom is 0.239 e. The van der Waals surface area contributed by atoms with Gasteiger partial charge in [-0.05, 0) is 32.6 Å². The zero-order valence-electron chi connectivity index (χ0n) is 15.5. The summed E-state index contributed by atoms with van der Waals surface area (Å²) in [7, 11) is 0. The lowest BCUT2D eigenvalue weighted by atomic mass is 9.89. The van der Waals surface area contributed by atoms with Crippen molar-refractivity contribution in [1.82, 2.24) is 16.0 Å². The van der Waals surface area contributed by atoms with Gasteiger partial charge in [0.15, 0.2) is 5.78 Å². The number of hydrogen-bond donors (Lipinski definition) is 3. The van der Waals surface area contributed by atoms with Gasteiger partial charge in [0.25, 0.3) is 0 Å². The summed E-state index contributed by atoms with van der Waals surface area (Å²) in [6.07, 6.45) is 2.72. The number of Topliss-reactive ketones (excluding diaryl/α,β-unsaturated/α-hetero) is 1. The summed E-state index contributed by atoms with van der Waals surface area (Å²) in [4.78, 5) is 45.9. The van der Waals surface area contributed by atoms with Crippen molar-refractivity contribution in [3.8, 4) is 0 Å². The molecule has 7 nitrogen and oxygen atoms in total. The van der Waals surface area contributed by atoms with E-state index >= 15 is 0 Å². The molecule has 3 N–H and O–H groups in total. The van der Waals surface area contributed by atoms with Gasteiger partial charge < -0.3 is 16.0 Å². The van der Waals surface area contributed by atoms with Crippen molar-refractivity contribution in [2.24, 2.45) is 5.41 Å². The standard InChI is InChI=1S/C17H31N3O4/c1-6-17(4,5)16(24)18-10-8-7-9-14(12(2)21)20-15(23)11-19-13(3)22/h14H,6-11H2,1-5H3,(H,18,24)(H,19,22)(H,20,23). The van der Waals surface area contributed by atoms with E-state index in [-0.39, 0.29) is 35.5 Å². The predicted molar refractivity (Wildman–Crippen MR) is 92.2 cm³/mol. The van der Waals surface area contributed by atoms with Crippen LogP contribution in [-0.2, 0) is 19.2 Å². The first-order valence-corrected chi connectivity index (χ1v) is 8.42. The molecule has 0 rings (SSSR count). The van der Waals surface area contributed by atoms with Crippen LogP contribution in [0.25, 0.3) is 0 Å². The Morgan fingerprint density at radius 1 is 1.00 bits per heavy atom. The number of hydrogen-bond acceptors (Lipinski definition) is 4. The highest BCUT2D eigenvalue weighted by Gasteiger charge is 2.24. The maximum absolute atomic E-state index is 11.9. The van der Waals surface area contributed by atoms with E-state index in [4.69, 9.17) is 0 Å². The zero-order valence-corrected chi connectivity index (χ0v) is 15.5. The topological polar surface area (TPSA) is 104 Å². The second-order valence-electron chi connectivity index (χ2n) is 6.63. The van der Waals surface area contributed by atoms with Crippen molar-refractivity contribution < 1.29 is 19.2 Å². The lowest BCUT2D eigenvalue weighted by molar-refractivity contribution is -0.129. The summed E-state index contributed by atoms with van der Waals surface area (Å²) < 4.78 is 0. The Morgan fingerprint density at radius 2 is 1.62 bits per heavy atom. The highest BCUT2D eigenvalue weighted by atomic mass is 16.2. The van der Waals surface area contributed by atoms with Crippen LogP contribution >= 0.6 is 0 Å². The van der Waals surface area contributed by atoms with Crippen LogP contribution in [0.15, 0.2) is 0 Å². The van der Waals surface area contributed by atoms with Gasteiger partial charge in [-0.1, -0.05) is 20.8 Å². The van der Waals surface area contributed by atoms with Gasteiger partial charge in [0.2, 0.25) is 17.7 Å². The molecule has 7 heteroatoms. The molecule has 0 aromatic carbocycles. The molecule has 138 valence electrons. The highest BCUT2D eigenvalue weighted by molar-refractivity contribution is 5.89. The molecule has 0 saturated heterocycles. The Kier molecular flexibility index (Phi) is 9.92. The minimum absolute atomic E-state index is 0.0247. The molecule has 0 aliphatic heterocycles. The fourth-order valence-corrected chi connectivity index (χ4v) is 1.90. The molecule has 0 spiro atoms. The number of carbonyl (C=O) groups is 4. The molecule has 0 aromatic rings. The Labute approximate surface area is 144 Å². The normalized spacial score (nSPS) is 12.2. The summed E-state index contributed by atoms with van der Waals surface area (Å²) in [5.41, 5.74) is -0.375. The largest absolute Gasteiger partial charge is 0.356 e. The minimum atomic E-state index is -0.561. The molecule has 1 unspecified atom stereocenters. The van der Waals surface area contributed by atoms with Crippen LogP contribution in [0, 0.1) is 5.41 Å². The van der Waals surface area contributed by atoms with E-state index in [2.05, 4.69) is 16.0 Å². The Bertz CT molecular complexity index is 461. The third kappa shape index (κ3) is 9.27. The van der Waals surface area contributed by atoms with Crippen molar-refractivity contribution in [1.29, 1.82) is 0 Å². The molecule has 0 aromatic heterocycles. The van der Waals surface area contributed by atoms with Gasteiger partial charge in [-0.3, -0.25) is 19.2 Å². The van der Waals surface area contributed by atoms with Crippen LogP contribution < -0.4 is 16.0 Å². The molecular formula is C17H31N3O4. The molecular weight excluding hydrogens is 310 g/mol. The van der Waals surface area contributed by atoms with Crippen LogP contribution in [0.4, 0.5) is 0 Å². The first-order valence-electron chi connectivity index (χ1n) is 8.42. The second-order valence-corrected chi connectivity index (χ2v) is 6.63. The molecule has 0 bridgehead atoms. The van der Waals surface area contributed by atoms with E-state index in [9.17, 15) is 19.2 Å². The van der Waals surface area contributed by atoms with Gasteiger partial charge in [0, 0.05) is 18.9 Å². The molecule has 0 saturated carbocycles. The van der Waals surface area contributed by atoms with Crippen molar-refractivity contribution in [2.45, 2.75) is 66.3 Å². The Balaban J connectivity index is 4.10. The quantitative estimate of drug-likeness (QED) is 0.486. The molecule has 0 heterocycles. The number of unbranched alkanes of at least 4 members (excludes halogenated alkanes) is 1. The number of rotatable bonds is 11. The van der Waals surface area contributed by atoms with E-state index in [0.29, 0.717) is 19.4 Å². The van der Waals surface area contributed by atoms with Crippen LogP contribution in [0.5, 0.6) is 0 Å². The Morgan fingerprint density at radius 3 is 2.12 bits per heavy atom. The van der Waals surface area contributed by atoms with Crippen molar-refractivity contribution in [2.75, 3.05) is 13.1 Å². The van der Waals surface area contributed by atoms with Crippen molar-refractivity contribution in [3.05, 3.63) is 0 Å². The van der Waals surface area contributed by atoms with Gasteiger partial charge in [-0.2, -0.15) is 0 Å². The minimum Gasteiger partial charge on any atom is -0.356 e. The zero-order chi connectivity index (χ0) is 18.8. The first-order chi connectivity index (χ1) is 11.1. The van der Waals surface area contributed by atoms with Gasteiger partial charge in [-0.25, -0.2) is 0 Å². The molecule has 3 amide bonds. The third-order valence-electron chi connectivity index (χ3n) is 4.03. The average molecular weight is 341 g/mol. The molecule has 0 radical (unpaired) electrons. The van der Waals surface area contributed by atoms with Crippen LogP contribution in [0.1, 0.15) is 60.3 Å². The molecule has 1 atom stereocenters. The van der Waals surface area contributed by atoms with E-state index in [1.54, 1.807) is 0 Å². The van der Waals surface area contributed by atoms with E-state index in [1.807, 2.05) is 20.8 Å². The van der Waals surface area contributed by atoms with E-state index < -0.39 is 6.04 Å². The van der Waals surface area contributed by atoms with Crippen LogP contribution in [0.3, 0.4) is 0 Å². The highest BCUT2D eigenvalue weighted by Crippen LogP contribution is 2.19. The smallest absolute Gasteiger partial charge is 0.239 e. The first kappa shape index (κ1) is 22.1. The molecule has 24 heavy (non-hydrogen) atoms.